The Morgan fingerprint density at radius 1 is 1.07 bits per heavy atom. The van der Waals surface area contributed by atoms with Gasteiger partial charge in [-0.05, 0) is 60.9 Å². The lowest BCUT2D eigenvalue weighted by molar-refractivity contribution is -0.274. The number of hydrogen-bond acceptors (Lipinski definition) is 7. The van der Waals surface area contributed by atoms with Crippen molar-refractivity contribution in [2.75, 3.05) is 17.7 Å². The van der Waals surface area contributed by atoms with Gasteiger partial charge in [-0.25, -0.2) is 23.1 Å². The van der Waals surface area contributed by atoms with Gasteiger partial charge in [0.25, 0.3) is 5.91 Å². The van der Waals surface area contributed by atoms with Gasteiger partial charge in [0.1, 0.15) is 11.6 Å². The molecule has 0 atom stereocenters. The number of amides is 1. The number of ether oxygens (including phenoxy) is 1. The molecule has 1 aromatic heterocycles. The zero-order valence-electron chi connectivity index (χ0n) is 21.4. The van der Waals surface area contributed by atoms with E-state index in [2.05, 4.69) is 30.1 Å². The van der Waals surface area contributed by atoms with E-state index in [1.807, 2.05) is 0 Å². The molecule has 1 aliphatic rings. The van der Waals surface area contributed by atoms with Gasteiger partial charge in [0, 0.05) is 30.2 Å². The molecule has 1 heterocycles. The van der Waals surface area contributed by atoms with Crippen molar-refractivity contribution in [3.05, 3.63) is 76.8 Å². The van der Waals surface area contributed by atoms with Gasteiger partial charge in [0.2, 0.25) is 10.0 Å². The summed E-state index contributed by atoms with van der Waals surface area (Å²) in [7, 11) is -1.75. The fraction of sp³-hybridized carbons (Fsp3) is 0.222. The zero-order chi connectivity index (χ0) is 29.4. The van der Waals surface area contributed by atoms with Crippen molar-refractivity contribution in [3.8, 4) is 17.1 Å². The van der Waals surface area contributed by atoms with E-state index in [0.29, 0.717) is 46.4 Å². The second kappa shape index (κ2) is 11.1. The molecule has 0 radical (unpaired) electrons. The second-order valence-corrected chi connectivity index (χ2v) is 11.7. The number of halogens is 4. The molecule has 0 aliphatic heterocycles. The number of nitrogens with one attached hydrogen (secondary N) is 3. The molecule has 1 aliphatic carbocycles. The number of benzene rings is 3. The lowest BCUT2D eigenvalue weighted by Gasteiger charge is -2.13. The number of nitrogens with zero attached hydrogens (tertiary/aromatic N) is 2. The van der Waals surface area contributed by atoms with Crippen molar-refractivity contribution in [3.63, 3.8) is 0 Å². The van der Waals surface area contributed by atoms with E-state index in [1.54, 1.807) is 37.4 Å². The summed E-state index contributed by atoms with van der Waals surface area (Å²) in [6.45, 7) is 0.0218. The Labute approximate surface area is 238 Å². The highest BCUT2D eigenvalue weighted by atomic mass is 35.5. The maximum atomic E-state index is 13.1. The molecular formula is C27H23ClF3N5O4S. The van der Waals surface area contributed by atoms with Crippen LogP contribution in [0.1, 0.15) is 28.8 Å². The van der Waals surface area contributed by atoms with Crippen LogP contribution >= 0.6 is 11.6 Å². The van der Waals surface area contributed by atoms with Crippen LogP contribution in [0.4, 0.5) is 24.7 Å². The summed E-state index contributed by atoms with van der Waals surface area (Å²) >= 11 is 6.27. The molecule has 5 rings (SSSR count). The number of rotatable bonds is 9. The SMILES string of the molecule is CNc1nc(-c2cccc(OC(F)(F)F)c2)nc2cc(NC(=O)c3cc(CNS(=O)(=O)C4CC4)ccc3Cl)ccc12. The van der Waals surface area contributed by atoms with Gasteiger partial charge in [0.05, 0.1) is 21.4 Å². The minimum atomic E-state index is -4.85. The van der Waals surface area contributed by atoms with Crippen LogP contribution in [0.5, 0.6) is 5.75 Å². The van der Waals surface area contributed by atoms with E-state index in [-0.39, 0.29) is 28.2 Å². The summed E-state index contributed by atoms with van der Waals surface area (Å²) in [5, 5.41) is 6.14. The summed E-state index contributed by atoms with van der Waals surface area (Å²) in [6, 6.07) is 14.9. The Morgan fingerprint density at radius 3 is 2.56 bits per heavy atom. The topological polar surface area (TPSA) is 122 Å². The van der Waals surface area contributed by atoms with E-state index >= 15 is 0 Å². The van der Waals surface area contributed by atoms with Gasteiger partial charge in [-0.15, -0.1) is 13.2 Å². The summed E-state index contributed by atoms with van der Waals surface area (Å²) in [4.78, 5) is 22.0. The number of carbonyl (C=O) groups is 1. The van der Waals surface area contributed by atoms with Crippen molar-refractivity contribution in [1.82, 2.24) is 14.7 Å². The van der Waals surface area contributed by atoms with Crippen LogP contribution in [0, 0.1) is 0 Å². The molecule has 214 valence electrons. The molecule has 1 saturated carbocycles. The summed E-state index contributed by atoms with van der Waals surface area (Å²) in [6.07, 6.45) is -3.58. The highest BCUT2D eigenvalue weighted by Crippen LogP contribution is 2.31. The molecule has 0 spiro atoms. The average molecular weight is 606 g/mol. The van der Waals surface area contributed by atoms with E-state index in [1.165, 1.54) is 30.3 Å². The number of sulfonamides is 1. The molecule has 1 fully saturated rings. The second-order valence-electron chi connectivity index (χ2n) is 9.29. The van der Waals surface area contributed by atoms with Crippen molar-refractivity contribution < 1.29 is 31.1 Å². The van der Waals surface area contributed by atoms with Crippen LogP contribution in [0.2, 0.25) is 5.02 Å². The predicted octanol–water partition coefficient (Wildman–Crippen LogP) is 5.72. The lowest BCUT2D eigenvalue weighted by atomic mass is 10.1. The lowest BCUT2D eigenvalue weighted by Crippen LogP contribution is -2.26. The Balaban J connectivity index is 1.40. The molecule has 0 bridgehead atoms. The minimum Gasteiger partial charge on any atom is -0.406 e. The van der Waals surface area contributed by atoms with Crippen molar-refractivity contribution >= 4 is 49.9 Å². The highest BCUT2D eigenvalue weighted by molar-refractivity contribution is 7.90. The predicted molar refractivity (Wildman–Crippen MR) is 149 cm³/mol. The quantitative estimate of drug-likeness (QED) is 0.223. The van der Waals surface area contributed by atoms with Gasteiger partial charge in [0.15, 0.2) is 5.82 Å². The van der Waals surface area contributed by atoms with Gasteiger partial charge in [-0.1, -0.05) is 29.8 Å². The first-order chi connectivity index (χ1) is 19.4. The van der Waals surface area contributed by atoms with E-state index in [0.717, 1.165) is 0 Å². The maximum Gasteiger partial charge on any atom is 0.573 e. The zero-order valence-corrected chi connectivity index (χ0v) is 23.0. The van der Waals surface area contributed by atoms with Gasteiger partial charge in [-0.2, -0.15) is 0 Å². The number of carbonyl (C=O) groups excluding carboxylic acids is 1. The third-order valence-corrected chi connectivity index (χ3v) is 8.46. The van der Waals surface area contributed by atoms with Crippen LogP contribution < -0.4 is 20.1 Å². The molecule has 41 heavy (non-hydrogen) atoms. The van der Waals surface area contributed by atoms with Crippen molar-refractivity contribution in [2.24, 2.45) is 0 Å². The number of alkyl halides is 3. The molecule has 1 amide bonds. The number of fused-ring (bicyclic) bond motifs is 1. The van der Waals surface area contributed by atoms with Gasteiger partial charge in [-0.3, -0.25) is 4.79 Å². The average Bonchev–Trinajstić information content (AvgIpc) is 3.77. The fourth-order valence-corrected chi connectivity index (χ4v) is 5.66. The summed E-state index contributed by atoms with van der Waals surface area (Å²) < 4.78 is 69.0. The van der Waals surface area contributed by atoms with Gasteiger partial charge >= 0.3 is 6.36 Å². The highest BCUT2D eigenvalue weighted by Gasteiger charge is 2.35. The Hall–Kier alpha value is -3.94. The standard InChI is InChI=1S/C27H23ClF3N5O4S/c1-32-25-20-9-6-17(13-23(20)35-24(36-25)16-3-2-4-18(12-16)40-27(29,30)31)34-26(37)21-11-15(5-10-22(21)28)14-33-41(38,39)19-7-8-19/h2-6,9-13,19,33H,7-8,14H2,1H3,(H,34,37)(H,32,35,36). The monoisotopic (exact) mass is 605 g/mol. The third kappa shape index (κ3) is 6.87. The van der Waals surface area contributed by atoms with Crippen molar-refractivity contribution in [1.29, 1.82) is 0 Å². The fourth-order valence-electron chi connectivity index (χ4n) is 4.09. The Kier molecular flexibility index (Phi) is 7.77. The van der Waals surface area contributed by atoms with E-state index in [9.17, 15) is 26.4 Å². The normalized spacial score (nSPS) is 13.7. The molecular weight excluding hydrogens is 583 g/mol. The smallest absolute Gasteiger partial charge is 0.406 e. The first-order valence-electron chi connectivity index (χ1n) is 12.4. The molecule has 14 heteroatoms. The minimum absolute atomic E-state index is 0.0218. The molecule has 3 aromatic carbocycles. The van der Waals surface area contributed by atoms with Crippen LogP contribution in [-0.2, 0) is 16.6 Å². The van der Waals surface area contributed by atoms with E-state index in [4.69, 9.17) is 11.6 Å². The van der Waals surface area contributed by atoms with Crippen LogP contribution in [-0.4, -0.2) is 43.0 Å². The van der Waals surface area contributed by atoms with Crippen LogP contribution in [0.3, 0.4) is 0 Å². The summed E-state index contributed by atoms with van der Waals surface area (Å²) in [5.74, 6) is -0.372. The number of anilines is 2. The molecule has 0 unspecified atom stereocenters. The van der Waals surface area contributed by atoms with Crippen LogP contribution in [0.15, 0.2) is 60.7 Å². The molecule has 3 N–H and O–H groups in total. The Bertz CT molecular complexity index is 1750. The first-order valence-corrected chi connectivity index (χ1v) is 14.3. The van der Waals surface area contributed by atoms with Gasteiger partial charge < -0.3 is 15.4 Å². The Morgan fingerprint density at radius 2 is 1.85 bits per heavy atom. The number of aromatic nitrogens is 2. The molecule has 4 aromatic rings. The molecule has 0 saturated heterocycles. The van der Waals surface area contributed by atoms with Crippen molar-refractivity contribution in [2.45, 2.75) is 31.0 Å². The van der Waals surface area contributed by atoms with E-state index < -0.39 is 28.0 Å². The molecule has 9 nitrogen and oxygen atoms in total. The largest absolute Gasteiger partial charge is 0.573 e. The number of hydrogen-bond donors (Lipinski definition) is 3. The maximum absolute atomic E-state index is 13.1. The first kappa shape index (κ1) is 28.6. The third-order valence-electron chi connectivity index (χ3n) is 6.23. The van der Waals surface area contributed by atoms with Crippen LogP contribution in [0.25, 0.3) is 22.3 Å². The summed E-state index contributed by atoms with van der Waals surface area (Å²) in [5.41, 5.74) is 1.79.